The van der Waals surface area contributed by atoms with Crippen molar-refractivity contribution in [2.24, 2.45) is 9.98 Å². The van der Waals surface area contributed by atoms with Crippen LogP contribution >= 0.6 is 0 Å². The molecule has 0 spiro atoms. The van der Waals surface area contributed by atoms with Gasteiger partial charge >= 0.3 is 0 Å². The predicted octanol–water partition coefficient (Wildman–Crippen LogP) is 12.6. The zero-order chi connectivity index (χ0) is 36.6. The molecule has 0 radical (unpaired) electrons. The van der Waals surface area contributed by atoms with Crippen LogP contribution in [0.3, 0.4) is 0 Å². The first-order chi connectivity index (χ1) is 26.4. The Morgan fingerprint density at radius 3 is 2.07 bits per heavy atom. The molecular weight excluding hydrogens is 655 g/mol. The minimum Gasteiger partial charge on any atom is -0.309 e. The summed E-state index contributed by atoms with van der Waals surface area (Å²) in [5.74, 6) is 0.657. The Morgan fingerprint density at radius 1 is 0.556 bits per heavy atom. The number of hydrogen-bond donors (Lipinski definition) is 0. The summed E-state index contributed by atoms with van der Waals surface area (Å²) in [5, 5.41) is 2.57. The molecular formula is C51H39N3. The summed E-state index contributed by atoms with van der Waals surface area (Å²) >= 11 is 0. The van der Waals surface area contributed by atoms with E-state index >= 15 is 0 Å². The number of para-hydroxylation sites is 1. The molecule has 54 heavy (non-hydrogen) atoms. The van der Waals surface area contributed by atoms with E-state index in [-0.39, 0.29) is 5.41 Å². The SMILES string of the molecule is C=C(N=C(N=C(C)c1ccccc1)c1ccc2c(c1)Cc1c-2cccc1-n1c2ccccc2c2cc3c(cc21)C(C)(C)c1ccccc1-3)c1ccccc1. The Kier molecular flexibility index (Phi) is 7.28. The lowest BCUT2D eigenvalue weighted by molar-refractivity contribution is 0.661. The van der Waals surface area contributed by atoms with E-state index in [2.05, 4.69) is 134 Å². The van der Waals surface area contributed by atoms with Crippen molar-refractivity contribution in [3.05, 3.63) is 203 Å². The van der Waals surface area contributed by atoms with Gasteiger partial charge < -0.3 is 4.57 Å². The van der Waals surface area contributed by atoms with Gasteiger partial charge in [-0.15, -0.1) is 0 Å². The number of hydrogen-bond acceptors (Lipinski definition) is 1. The number of amidine groups is 1. The van der Waals surface area contributed by atoms with Gasteiger partial charge in [-0.05, 0) is 92.9 Å². The number of rotatable bonds is 5. The highest BCUT2D eigenvalue weighted by Crippen LogP contribution is 2.51. The van der Waals surface area contributed by atoms with Gasteiger partial charge in [0, 0.05) is 33.9 Å². The fourth-order valence-electron chi connectivity index (χ4n) is 8.86. The smallest absolute Gasteiger partial charge is 0.160 e. The summed E-state index contributed by atoms with van der Waals surface area (Å²) in [7, 11) is 0. The number of benzene rings is 7. The minimum absolute atomic E-state index is 0.0842. The highest BCUT2D eigenvalue weighted by Gasteiger charge is 2.36. The Balaban J connectivity index is 1.11. The molecule has 1 aromatic heterocycles. The second kappa shape index (κ2) is 12.2. The van der Waals surface area contributed by atoms with Gasteiger partial charge in [0.1, 0.15) is 0 Å². The third-order valence-corrected chi connectivity index (χ3v) is 11.6. The van der Waals surface area contributed by atoms with Crippen molar-refractivity contribution in [2.75, 3.05) is 0 Å². The first-order valence-electron chi connectivity index (χ1n) is 18.7. The van der Waals surface area contributed by atoms with Crippen LogP contribution in [0.25, 0.3) is 55.4 Å². The van der Waals surface area contributed by atoms with Gasteiger partial charge in [-0.2, -0.15) is 0 Å². The molecule has 0 saturated carbocycles. The van der Waals surface area contributed by atoms with Crippen molar-refractivity contribution in [1.82, 2.24) is 4.57 Å². The average Bonchev–Trinajstić information content (AvgIpc) is 3.82. The predicted molar refractivity (Wildman–Crippen MR) is 227 cm³/mol. The molecule has 2 aliphatic carbocycles. The molecule has 1 heterocycles. The number of fused-ring (bicyclic) bond motifs is 9. The fraction of sp³-hybridized carbons (Fsp3) is 0.0980. The van der Waals surface area contributed by atoms with E-state index in [1.165, 1.54) is 72.0 Å². The van der Waals surface area contributed by atoms with E-state index < -0.39 is 0 Å². The van der Waals surface area contributed by atoms with Crippen molar-refractivity contribution >= 4 is 39.1 Å². The highest BCUT2D eigenvalue weighted by molar-refractivity contribution is 6.14. The molecule has 0 fully saturated rings. The second-order valence-corrected chi connectivity index (χ2v) is 15.1. The van der Waals surface area contributed by atoms with Crippen LogP contribution in [0.4, 0.5) is 0 Å². The van der Waals surface area contributed by atoms with E-state index in [9.17, 15) is 0 Å². The van der Waals surface area contributed by atoms with Crippen molar-refractivity contribution in [1.29, 1.82) is 0 Å². The molecule has 0 N–H and O–H groups in total. The first kappa shape index (κ1) is 32.1. The Hall–Kier alpha value is -6.58. The lowest BCUT2D eigenvalue weighted by Gasteiger charge is -2.22. The molecule has 0 atom stereocenters. The van der Waals surface area contributed by atoms with Gasteiger partial charge in [0.05, 0.1) is 22.4 Å². The Labute approximate surface area is 316 Å². The van der Waals surface area contributed by atoms with Gasteiger partial charge in [-0.3, -0.25) is 0 Å². The average molecular weight is 694 g/mol. The number of nitrogens with zero attached hydrogens (tertiary/aromatic N) is 3. The maximum atomic E-state index is 5.14. The van der Waals surface area contributed by atoms with Crippen LogP contribution in [0.5, 0.6) is 0 Å². The monoisotopic (exact) mass is 693 g/mol. The number of aliphatic imine (C=N–C) groups is 2. The lowest BCUT2D eigenvalue weighted by atomic mass is 9.82. The van der Waals surface area contributed by atoms with Crippen LogP contribution in [-0.2, 0) is 11.8 Å². The summed E-state index contributed by atoms with van der Waals surface area (Å²) < 4.78 is 2.51. The molecule has 3 heteroatoms. The van der Waals surface area contributed by atoms with Crippen molar-refractivity contribution in [3.8, 4) is 27.9 Å². The summed E-state index contributed by atoms with van der Waals surface area (Å²) in [6.07, 6.45) is 0.818. The van der Waals surface area contributed by atoms with E-state index in [0.717, 1.165) is 28.8 Å². The molecule has 2 aliphatic rings. The van der Waals surface area contributed by atoms with Gasteiger partial charge in [0.25, 0.3) is 0 Å². The summed E-state index contributed by atoms with van der Waals surface area (Å²) in [5.41, 5.74) is 18.9. The van der Waals surface area contributed by atoms with Crippen LogP contribution in [0, 0.1) is 0 Å². The molecule has 0 bridgehead atoms. The topological polar surface area (TPSA) is 29.6 Å². The Bertz CT molecular complexity index is 2890. The maximum absolute atomic E-state index is 5.14. The molecule has 10 rings (SSSR count). The third-order valence-electron chi connectivity index (χ3n) is 11.6. The molecule has 0 amide bonds. The van der Waals surface area contributed by atoms with E-state index in [1.807, 2.05) is 55.5 Å². The van der Waals surface area contributed by atoms with E-state index in [0.29, 0.717) is 11.5 Å². The van der Waals surface area contributed by atoms with E-state index in [1.54, 1.807) is 0 Å². The second-order valence-electron chi connectivity index (χ2n) is 15.1. The minimum atomic E-state index is -0.0842. The van der Waals surface area contributed by atoms with Crippen LogP contribution < -0.4 is 0 Å². The van der Waals surface area contributed by atoms with Crippen LogP contribution in [0.15, 0.2) is 174 Å². The third kappa shape index (κ3) is 4.96. The molecule has 3 nitrogen and oxygen atoms in total. The van der Waals surface area contributed by atoms with Gasteiger partial charge in [-0.1, -0.05) is 148 Å². The summed E-state index contributed by atoms with van der Waals surface area (Å²) in [4.78, 5) is 10.2. The zero-order valence-electron chi connectivity index (χ0n) is 30.8. The van der Waals surface area contributed by atoms with Gasteiger partial charge in [-0.25, -0.2) is 9.98 Å². The molecule has 8 aromatic rings. The number of aromatic nitrogens is 1. The van der Waals surface area contributed by atoms with Crippen molar-refractivity contribution in [2.45, 2.75) is 32.6 Å². The highest BCUT2D eigenvalue weighted by atomic mass is 15.0. The summed E-state index contributed by atoms with van der Waals surface area (Å²) in [6.45, 7) is 11.1. The fourth-order valence-corrected chi connectivity index (χ4v) is 8.86. The summed E-state index contributed by atoms with van der Waals surface area (Å²) in [6, 6.07) is 56.6. The van der Waals surface area contributed by atoms with Crippen molar-refractivity contribution < 1.29 is 0 Å². The molecule has 7 aromatic carbocycles. The first-order valence-corrected chi connectivity index (χ1v) is 18.7. The van der Waals surface area contributed by atoms with Crippen molar-refractivity contribution in [3.63, 3.8) is 0 Å². The lowest BCUT2D eigenvalue weighted by Crippen LogP contribution is -2.15. The standard InChI is InChI=1S/C51H39N3/c1-32(34-16-7-5-8-17-34)52-50(53-33(2)35-18-9-6-10-19-35)36-26-27-38-37(28-36)29-43-39(38)22-15-25-48(43)54-47-24-14-12-21-41(47)44-30-42-40-20-11-13-23-45(40)51(3,4)46(42)31-49(44)54/h5-28,30-31H,1,29H2,2-4H3. The van der Waals surface area contributed by atoms with Crippen LogP contribution in [0.2, 0.25) is 0 Å². The molecule has 0 aliphatic heterocycles. The van der Waals surface area contributed by atoms with Gasteiger partial charge in [0.2, 0.25) is 0 Å². The van der Waals surface area contributed by atoms with Crippen LogP contribution in [-0.4, -0.2) is 16.1 Å². The largest absolute Gasteiger partial charge is 0.309 e. The normalized spacial score (nSPS) is 14.2. The quantitative estimate of drug-likeness (QED) is 0.127. The molecule has 0 saturated heterocycles. The van der Waals surface area contributed by atoms with Crippen LogP contribution in [0.1, 0.15) is 59.7 Å². The van der Waals surface area contributed by atoms with E-state index in [4.69, 9.17) is 9.98 Å². The molecule has 0 unspecified atom stereocenters. The Morgan fingerprint density at radius 2 is 1.26 bits per heavy atom. The maximum Gasteiger partial charge on any atom is 0.160 e. The van der Waals surface area contributed by atoms with Gasteiger partial charge in [0.15, 0.2) is 5.84 Å². The zero-order valence-corrected chi connectivity index (χ0v) is 30.8. The molecule has 258 valence electrons.